The molecule has 0 aliphatic heterocycles. The van der Waals surface area contributed by atoms with Crippen LogP contribution in [0.5, 0.6) is 0 Å². The zero-order valence-corrected chi connectivity index (χ0v) is 16.4. The van der Waals surface area contributed by atoms with E-state index >= 15 is 0 Å². The molecule has 3 rings (SSSR count). The molecule has 0 spiro atoms. The number of amides is 1. The molecule has 1 heterocycles. The van der Waals surface area contributed by atoms with Crippen LogP contribution in [0.3, 0.4) is 0 Å². The van der Waals surface area contributed by atoms with Crippen LogP contribution in [0.1, 0.15) is 39.3 Å². The number of carboxylic acid groups (broad SMARTS) is 1. The van der Waals surface area contributed by atoms with E-state index in [9.17, 15) is 13.2 Å². The number of carbonyl (C=O) groups is 1. The first-order valence-corrected chi connectivity index (χ1v) is 9.98. The maximum Gasteiger partial charge on any atom is 0.410 e. The Morgan fingerprint density at radius 2 is 1.85 bits per heavy atom. The molecule has 0 unspecified atom stereocenters. The second kappa shape index (κ2) is 7.67. The Bertz CT molecular complexity index is 866. The van der Waals surface area contributed by atoms with Gasteiger partial charge in [-0.25, -0.2) is 13.2 Å². The third kappa shape index (κ3) is 5.47. The number of nitrogens with one attached hydrogen (secondary N) is 2. The molecule has 2 aromatic rings. The molecular weight excluding hydrogens is 378 g/mol. The predicted octanol–water partition coefficient (Wildman–Crippen LogP) is 4.07. The molecule has 9 heteroatoms. The van der Waals surface area contributed by atoms with Crippen LogP contribution in [0.2, 0.25) is 5.02 Å². The van der Waals surface area contributed by atoms with E-state index < -0.39 is 15.9 Å². The zero-order valence-electron chi connectivity index (χ0n) is 14.8. The highest BCUT2D eigenvalue weighted by atomic mass is 35.5. The minimum absolute atomic E-state index is 0.0502. The highest BCUT2D eigenvalue weighted by molar-refractivity contribution is 7.92. The molecule has 1 fully saturated rings. The lowest BCUT2D eigenvalue weighted by molar-refractivity contribution is 0.209. The lowest BCUT2D eigenvalue weighted by atomic mass is 9.92. The summed E-state index contributed by atoms with van der Waals surface area (Å²) >= 11 is 5.66. The van der Waals surface area contributed by atoms with Gasteiger partial charge in [0.1, 0.15) is 0 Å². The molecule has 1 aliphatic rings. The van der Waals surface area contributed by atoms with Crippen molar-refractivity contribution in [2.75, 3.05) is 5.32 Å². The van der Waals surface area contributed by atoms with Crippen LogP contribution in [-0.2, 0) is 15.3 Å². The second-order valence-electron chi connectivity index (χ2n) is 7.05. The van der Waals surface area contributed by atoms with Crippen LogP contribution in [0.25, 0.3) is 0 Å². The number of anilines is 1. The van der Waals surface area contributed by atoms with Crippen molar-refractivity contribution in [2.24, 2.45) is 0 Å². The quantitative estimate of drug-likeness (QED) is 0.720. The van der Waals surface area contributed by atoms with E-state index in [-0.39, 0.29) is 10.7 Å². The van der Waals surface area contributed by atoms with Crippen LogP contribution in [0.4, 0.5) is 10.6 Å². The SMILES string of the molecule is CC(C)(C)c1cc(NC(=O)O)n[nH]1.O=S(=O)(c1ccc(Cl)cc1)C1CC1. The Morgan fingerprint density at radius 1 is 1.27 bits per heavy atom. The van der Waals surface area contributed by atoms with Crippen molar-refractivity contribution in [2.45, 2.75) is 49.2 Å². The van der Waals surface area contributed by atoms with E-state index in [1.54, 1.807) is 30.3 Å². The highest BCUT2D eigenvalue weighted by Gasteiger charge is 2.36. The van der Waals surface area contributed by atoms with E-state index in [0.29, 0.717) is 15.7 Å². The summed E-state index contributed by atoms with van der Waals surface area (Å²) in [5.41, 5.74) is 0.849. The van der Waals surface area contributed by atoms with Gasteiger partial charge in [0.15, 0.2) is 15.7 Å². The van der Waals surface area contributed by atoms with Crippen LogP contribution in [0.15, 0.2) is 35.2 Å². The Kier molecular flexibility index (Phi) is 5.98. The molecule has 3 N–H and O–H groups in total. The van der Waals surface area contributed by atoms with E-state index in [4.69, 9.17) is 16.7 Å². The smallest absolute Gasteiger partial charge is 0.410 e. The number of benzene rings is 1. The molecule has 1 saturated carbocycles. The third-order valence-corrected chi connectivity index (χ3v) is 6.26. The first-order chi connectivity index (χ1) is 12.0. The van der Waals surface area contributed by atoms with Gasteiger partial charge in [-0.05, 0) is 37.1 Å². The van der Waals surface area contributed by atoms with Crippen molar-refractivity contribution in [1.29, 1.82) is 0 Å². The Labute approximate surface area is 157 Å². The zero-order chi connectivity index (χ0) is 19.5. The fourth-order valence-corrected chi connectivity index (χ4v) is 3.86. The Hall–Kier alpha value is -2.06. The van der Waals surface area contributed by atoms with Crippen LogP contribution in [0, 0.1) is 0 Å². The summed E-state index contributed by atoms with van der Waals surface area (Å²) in [4.78, 5) is 10.7. The molecule has 142 valence electrons. The number of hydrogen-bond donors (Lipinski definition) is 3. The van der Waals surface area contributed by atoms with E-state index in [1.165, 1.54) is 0 Å². The number of H-pyrrole nitrogens is 1. The van der Waals surface area contributed by atoms with Gasteiger partial charge in [0, 0.05) is 22.2 Å². The molecule has 1 aromatic heterocycles. The standard InChI is InChI=1S/C9H9ClO2S.C8H13N3O2/c10-7-1-3-8(4-2-7)13(11,12)9-5-6-9;1-8(2,3)5-4-6(11-10-5)9-7(12)13/h1-4,9H,5-6H2;4H,1-3H3,(H,12,13)(H2,9,10,11). The van der Waals surface area contributed by atoms with Gasteiger partial charge in [0.25, 0.3) is 0 Å². The maximum atomic E-state index is 11.7. The molecule has 1 aromatic carbocycles. The Morgan fingerprint density at radius 3 is 2.27 bits per heavy atom. The van der Waals surface area contributed by atoms with Crippen molar-refractivity contribution in [3.8, 4) is 0 Å². The van der Waals surface area contributed by atoms with Gasteiger partial charge in [0.2, 0.25) is 0 Å². The van der Waals surface area contributed by atoms with Crippen LogP contribution in [-0.4, -0.2) is 35.1 Å². The molecule has 0 saturated heterocycles. The normalized spacial score (nSPS) is 14.3. The lowest BCUT2D eigenvalue weighted by Crippen LogP contribution is -2.11. The molecule has 7 nitrogen and oxygen atoms in total. The minimum atomic E-state index is -3.04. The molecule has 26 heavy (non-hydrogen) atoms. The summed E-state index contributed by atoms with van der Waals surface area (Å²) in [5, 5.41) is 17.6. The number of aromatic amines is 1. The summed E-state index contributed by atoms with van der Waals surface area (Å²) in [7, 11) is -3.04. The van der Waals surface area contributed by atoms with Gasteiger partial charge in [-0.3, -0.25) is 10.4 Å². The summed E-state index contributed by atoms with van der Waals surface area (Å²) < 4.78 is 23.3. The summed E-state index contributed by atoms with van der Waals surface area (Å²) in [6.45, 7) is 6.06. The topological polar surface area (TPSA) is 112 Å². The summed E-state index contributed by atoms with van der Waals surface area (Å²) in [5.74, 6) is 0.331. The fraction of sp³-hybridized carbons (Fsp3) is 0.412. The highest BCUT2D eigenvalue weighted by Crippen LogP contribution is 2.33. The predicted molar refractivity (Wildman–Crippen MR) is 101 cm³/mol. The fourth-order valence-electron chi connectivity index (χ4n) is 2.07. The molecule has 0 atom stereocenters. The summed E-state index contributed by atoms with van der Waals surface area (Å²) in [6, 6.07) is 8.04. The molecule has 1 aliphatic carbocycles. The van der Waals surface area contributed by atoms with Gasteiger partial charge < -0.3 is 5.11 Å². The molecule has 1 amide bonds. The summed E-state index contributed by atoms with van der Waals surface area (Å²) in [6.07, 6.45) is 0.489. The number of sulfone groups is 1. The van der Waals surface area contributed by atoms with Gasteiger partial charge in [-0.1, -0.05) is 32.4 Å². The van der Waals surface area contributed by atoms with Crippen molar-refractivity contribution < 1.29 is 18.3 Å². The first kappa shape index (κ1) is 20.3. The number of rotatable bonds is 3. The minimum Gasteiger partial charge on any atom is -0.465 e. The van der Waals surface area contributed by atoms with Crippen LogP contribution < -0.4 is 5.32 Å². The van der Waals surface area contributed by atoms with Gasteiger partial charge >= 0.3 is 6.09 Å². The van der Waals surface area contributed by atoms with E-state index in [1.807, 2.05) is 20.8 Å². The molecule has 0 radical (unpaired) electrons. The largest absolute Gasteiger partial charge is 0.465 e. The maximum absolute atomic E-state index is 11.7. The van der Waals surface area contributed by atoms with Crippen molar-refractivity contribution in [3.05, 3.63) is 41.0 Å². The number of nitrogens with zero attached hydrogens (tertiary/aromatic N) is 1. The average molecular weight is 400 g/mol. The number of aromatic nitrogens is 2. The monoisotopic (exact) mass is 399 g/mol. The van der Waals surface area contributed by atoms with Gasteiger partial charge in [-0.2, -0.15) is 5.10 Å². The van der Waals surface area contributed by atoms with Gasteiger partial charge in [-0.15, -0.1) is 0 Å². The van der Waals surface area contributed by atoms with Crippen molar-refractivity contribution in [3.63, 3.8) is 0 Å². The average Bonchev–Trinajstić information content (AvgIpc) is 3.28. The Balaban J connectivity index is 0.000000187. The van der Waals surface area contributed by atoms with Crippen LogP contribution >= 0.6 is 11.6 Å². The van der Waals surface area contributed by atoms with Crippen molar-refractivity contribution >= 4 is 33.3 Å². The molecule has 0 bridgehead atoms. The number of hydrogen-bond acceptors (Lipinski definition) is 4. The van der Waals surface area contributed by atoms with Gasteiger partial charge in [0.05, 0.1) is 10.1 Å². The third-order valence-electron chi connectivity index (χ3n) is 3.73. The molecular formula is C17H22ClN3O4S. The van der Waals surface area contributed by atoms with E-state index in [2.05, 4.69) is 15.5 Å². The lowest BCUT2D eigenvalue weighted by Gasteiger charge is -2.14. The second-order valence-corrected chi connectivity index (χ2v) is 9.71. The van der Waals surface area contributed by atoms with Crippen molar-refractivity contribution in [1.82, 2.24) is 10.2 Å². The first-order valence-electron chi connectivity index (χ1n) is 8.05. The number of halogens is 1. The van der Waals surface area contributed by atoms with E-state index in [0.717, 1.165) is 18.5 Å².